The van der Waals surface area contributed by atoms with Gasteiger partial charge in [-0.25, -0.2) is 14.3 Å². The predicted octanol–water partition coefficient (Wildman–Crippen LogP) is 3.11. The van der Waals surface area contributed by atoms with Crippen LogP contribution in [-0.4, -0.2) is 26.2 Å². The normalized spacial score (nSPS) is 10.8. The van der Waals surface area contributed by atoms with Crippen molar-refractivity contribution < 1.29 is 4.79 Å². The number of nitrogens with zero attached hydrogens (tertiary/aromatic N) is 2. The van der Waals surface area contributed by atoms with Crippen LogP contribution in [0.5, 0.6) is 0 Å². The van der Waals surface area contributed by atoms with Crippen molar-refractivity contribution in [3.63, 3.8) is 0 Å². The number of aromatic amines is 1. The van der Waals surface area contributed by atoms with Gasteiger partial charge in [-0.2, -0.15) is 0 Å². The Balaban J connectivity index is 1.54. The monoisotopic (exact) mass is 418 g/mol. The number of anilines is 1. The van der Waals surface area contributed by atoms with E-state index in [1.54, 1.807) is 12.1 Å². The number of carbonyl (C=O) groups excluding carboxylic acids is 1. The summed E-state index contributed by atoms with van der Waals surface area (Å²) in [5, 5.41) is 4.41. The summed E-state index contributed by atoms with van der Waals surface area (Å²) >= 11 is 1.28. The van der Waals surface area contributed by atoms with Crippen LogP contribution in [0, 0.1) is 6.92 Å². The van der Waals surface area contributed by atoms with Gasteiger partial charge in [0.05, 0.1) is 22.0 Å². The molecule has 4 aromatic rings. The fraction of sp³-hybridized carbons (Fsp3) is 0.0909. The lowest BCUT2D eigenvalue weighted by Crippen LogP contribution is -2.32. The molecule has 0 fully saturated rings. The van der Waals surface area contributed by atoms with Crippen molar-refractivity contribution >= 4 is 34.4 Å². The van der Waals surface area contributed by atoms with Gasteiger partial charge < -0.3 is 5.32 Å². The van der Waals surface area contributed by atoms with Gasteiger partial charge in [0.15, 0.2) is 0 Å². The molecular formula is C22H18N4O3S. The Morgan fingerprint density at radius 1 is 1.07 bits per heavy atom. The minimum Gasteiger partial charge on any atom is -0.311 e. The first-order chi connectivity index (χ1) is 14.5. The molecule has 0 bridgehead atoms. The van der Waals surface area contributed by atoms with Crippen molar-refractivity contribution in [1.29, 1.82) is 0 Å². The molecule has 0 atom stereocenters. The molecule has 0 unspecified atom stereocenters. The largest absolute Gasteiger partial charge is 0.334 e. The van der Waals surface area contributed by atoms with E-state index in [4.69, 9.17) is 0 Å². The molecule has 0 saturated carbocycles. The second kappa shape index (κ2) is 8.38. The number of hydrogen-bond donors (Lipinski definition) is 2. The van der Waals surface area contributed by atoms with Gasteiger partial charge in [-0.3, -0.25) is 14.6 Å². The number of aromatic nitrogens is 3. The first-order valence-electron chi connectivity index (χ1n) is 9.21. The molecule has 2 heterocycles. The van der Waals surface area contributed by atoms with E-state index in [9.17, 15) is 14.4 Å². The maximum Gasteiger partial charge on any atom is 0.334 e. The SMILES string of the molecule is Cc1ccc(-n2c(NC(=O)CSc3ccc4ccccc4n3)cc(=O)[nH]c2=O)cc1. The molecule has 4 rings (SSSR count). The number of aryl methyl sites for hydroxylation is 1. The van der Waals surface area contributed by atoms with Gasteiger partial charge in [-0.1, -0.05) is 53.7 Å². The van der Waals surface area contributed by atoms with E-state index >= 15 is 0 Å². The van der Waals surface area contributed by atoms with Crippen molar-refractivity contribution in [2.45, 2.75) is 11.9 Å². The lowest BCUT2D eigenvalue weighted by atomic mass is 10.2. The van der Waals surface area contributed by atoms with E-state index < -0.39 is 11.2 Å². The number of pyridine rings is 1. The molecule has 2 aromatic carbocycles. The van der Waals surface area contributed by atoms with E-state index in [0.29, 0.717) is 10.7 Å². The standard InChI is InChI=1S/C22H18N4O3S/c1-14-6-9-16(10-7-14)26-18(12-19(27)25-22(26)29)24-20(28)13-30-21-11-8-15-4-2-3-5-17(15)23-21/h2-12H,13H2,1H3,(H,24,28)(H,25,27,29). The Morgan fingerprint density at radius 3 is 2.63 bits per heavy atom. The van der Waals surface area contributed by atoms with Gasteiger partial charge in [0.25, 0.3) is 5.56 Å². The Labute approximate surface area is 175 Å². The van der Waals surface area contributed by atoms with E-state index in [1.807, 2.05) is 55.5 Å². The number of H-pyrrole nitrogens is 1. The van der Waals surface area contributed by atoms with Crippen molar-refractivity contribution in [1.82, 2.24) is 14.5 Å². The first-order valence-corrected chi connectivity index (χ1v) is 10.2. The molecule has 0 saturated heterocycles. The van der Waals surface area contributed by atoms with Crippen LogP contribution in [-0.2, 0) is 4.79 Å². The predicted molar refractivity (Wildman–Crippen MR) is 118 cm³/mol. The summed E-state index contributed by atoms with van der Waals surface area (Å²) in [5.74, 6) is -0.147. The fourth-order valence-corrected chi connectivity index (χ4v) is 3.66. The lowest BCUT2D eigenvalue weighted by Gasteiger charge is -2.13. The summed E-state index contributed by atoms with van der Waals surface area (Å²) in [7, 11) is 0. The highest BCUT2D eigenvalue weighted by Crippen LogP contribution is 2.20. The summed E-state index contributed by atoms with van der Waals surface area (Å²) in [6.45, 7) is 1.93. The molecule has 7 nitrogen and oxygen atoms in total. The summed E-state index contributed by atoms with van der Waals surface area (Å²) in [6.07, 6.45) is 0. The number of rotatable bonds is 5. The van der Waals surface area contributed by atoms with Crippen molar-refractivity contribution in [3.05, 3.63) is 93.1 Å². The highest BCUT2D eigenvalue weighted by atomic mass is 32.2. The Morgan fingerprint density at radius 2 is 1.83 bits per heavy atom. The van der Waals surface area contributed by atoms with Crippen LogP contribution in [0.15, 0.2) is 81.3 Å². The average Bonchev–Trinajstić information content (AvgIpc) is 2.73. The molecule has 2 aromatic heterocycles. The zero-order valence-corrected chi connectivity index (χ0v) is 16.9. The molecule has 150 valence electrons. The van der Waals surface area contributed by atoms with E-state index in [2.05, 4.69) is 15.3 Å². The third kappa shape index (κ3) is 4.33. The number of nitrogens with one attached hydrogen (secondary N) is 2. The van der Waals surface area contributed by atoms with E-state index in [0.717, 1.165) is 16.5 Å². The molecule has 1 amide bonds. The molecule has 0 spiro atoms. The average molecular weight is 418 g/mol. The van der Waals surface area contributed by atoms with Crippen LogP contribution >= 0.6 is 11.8 Å². The summed E-state index contributed by atoms with van der Waals surface area (Å²) in [6, 6.07) is 19.9. The molecule has 0 radical (unpaired) electrons. The zero-order chi connectivity index (χ0) is 21.1. The van der Waals surface area contributed by atoms with Crippen molar-refractivity contribution in [2.75, 3.05) is 11.1 Å². The quantitative estimate of drug-likeness (QED) is 0.486. The third-order valence-electron chi connectivity index (χ3n) is 4.43. The Bertz CT molecular complexity index is 1340. The Hall–Kier alpha value is -3.65. The van der Waals surface area contributed by atoms with E-state index in [-0.39, 0.29) is 17.5 Å². The second-order valence-electron chi connectivity index (χ2n) is 6.67. The number of thioether (sulfide) groups is 1. The van der Waals surface area contributed by atoms with Crippen LogP contribution in [0.4, 0.5) is 5.82 Å². The third-order valence-corrected chi connectivity index (χ3v) is 5.36. The van der Waals surface area contributed by atoms with Crippen LogP contribution in [0.1, 0.15) is 5.56 Å². The fourth-order valence-electron chi connectivity index (χ4n) is 2.98. The smallest absolute Gasteiger partial charge is 0.311 e. The van der Waals surface area contributed by atoms with Gasteiger partial charge in [-0.15, -0.1) is 0 Å². The van der Waals surface area contributed by atoms with Gasteiger partial charge in [0, 0.05) is 11.5 Å². The Kier molecular flexibility index (Phi) is 5.49. The topological polar surface area (TPSA) is 96.8 Å². The zero-order valence-electron chi connectivity index (χ0n) is 16.1. The number of hydrogen-bond acceptors (Lipinski definition) is 5. The summed E-state index contributed by atoms with van der Waals surface area (Å²) in [5.41, 5.74) is 1.22. The number of fused-ring (bicyclic) bond motifs is 1. The highest BCUT2D eigenvalue weighted by molar-refractivity contribution is 7.99. The maximum absolute atomic E-state index is 12.5. The minimum absolute atomic E-state index is 0.0836. The van der Waals surface area contributed by atoms with Gasteiger partial charge >= 0.3 is 5.69 Å². The lowest BCUT2D eigenvalue weighted by molar-refractivity contribution is -0.113. The second-order valence-corrected chi connectivity index (χ2v) is 7.67. The molecule has 0 aliphatic heterocycles. The molecule has 2 N–H and O–H groups in total. The van der Waals surface area contributed by atoms with E-state index in [1.165, 1.54) is 22.4 Å². The molecule has 30 heavy (non-hydrogen) atoms. The van der Waals surface area contributed by atoms with Gasteiger partial charge in [-0.05, 0) is 31.2 Å². The maximum atomic E-state index is 12.5. The molecule has 0 aliphatic rings. The number of amides is 1. The highest BCUT2D eigenvalue weighted by Gasteiger charge is 2.12. The van der Waals surface area contributed by atoms with Crippen LogP contribution in [0.25, 0.3) is 16.6 Å². The van der Waals surface area contributed by atoms with Gasteiger partial charge in [0.2, 0.25) is 5.91 Å². The van der Waals surface area contributed by atoms with Gasteiger partial charge in [0.1, 0.15) is 5.82 Å². The van der Waals surface area contributed by atoms with Crippen molar-refractivity contribution in [3.8, 4) is 5.69 Å². The van der Waals surface area contributed by atoms with Crippen LogP contribution in [0.3, 0.4) is 0 Å². The summed E-state index contributed by atoms with van der Waals surface area (Å²) in [4.78, 5) is 43.4. The van der Waals surface area contributed by atoms with Crippen molar-refractivity contribution in [2.24, 2.45) is 0 Å². The first kappa shape index (κ1) is 19.7. The van der Waals surface area contributed by atoms with Crippen LogP contribution in [0.2, 0.25) is 0 Å². The summed E-state index contributed by atoms with van der Waals surface area (Å²) < 4.78 is 1.26. The van der Waals surface area contributed by atoms with Crippen LogP contribution < -0.4 is 16.6 Å². The number of benzene rings is 2. The number of carbonyl (C=O) groups is 1. The molecule has 8 heteroatoms. The molecular weight excluding hydrogens is 400 g/mol. The minimum atomic E-state index is -0.620. The molecule has 0 aliphatic carbocycles. The number of para-hydroxylation sites is 1.